The van der Waals surface area contributed by atoms with E-state index in [1.54, 1.807) is 0 Å². The summed E-state index contributed by atoms with van der Waals surface area (Å²) in [6.45, 7) is 8.46. The van der Waals surface area contributed by atoms with E-state index >= 15 is 0 Å². The number of ether oxygens (including phenoxy) is 1. The van der Waals surface area contributed by atoms with Crippen LogP contribution in [0.1, 0.15) is 52.9 Å². The molecule has 1 heterocycles. The van der Waals surface area contributed by atoms with Gasteiger partial charge in [-0.2, -0.15) is 0 Å². The number of carboxylic acids is 1. The van der Waals surface area contributed by atoms with Crippen molar-refractivity contribution in [1.82, 2.24) is 4.90 Å². The highest BCUT2D eigenvalue weighted by Gasteiger charge is 2.42. The van der Waals surface area contributed by atoms with E-state index in [0.717, 1.165) is 45.3 Å². The molecule has 0 amide bonds. The molecule has 0 aromatic heterocycles. The number of carboxylic acid groups (broad SMARTS) is 1. The van der Waals surface area contributed by atoms with Crippen LogP contribution in [0.4, 0.5) is 0 Å². The van der Waals surface area contributed by atoms with Gasteiger partial charge in [-0.1, -0.05) is 20.8 Å². The first-order valence-corrected chi connectivity index (χ1v) is 8.33. The van der Waals surface area contributed by atoms with Gasteiger partial charge in [-0.3, -0.25) is 9.69 Å². The quantitative estimate of drug-likeness (QED) is 0.870. The van der Waals surface area contributed by atoms with Gasteiger partial charge in [-0.25, -0.2) is 0 Å². The zero-order valence-corrected chi connectivity index (χ0v) is 14.0. The van der Waals surface area contributed by atoms with Gasteiger partial charge in [0.25, 0.3) is 0 Å². The van der Waals surface area contributed by atoms with E-state index in [1.165, 1.54) is 0 Å². The smallest absolute Gasteiger partial charge is 0.308 e. The summed E-state index contributed by atoms with van der Waals surface area (Å²) < 4.78 is 5.44. The Morgan fingerprint density at radius 2 is 1.76 bits per heavy atom. The predicted molar refractivity (Wildman–Crippen MR) is 83.3 cm³/mol. The summed E-state index contributed by atoms with van der Waals surface area (Å²) in [6.07, 6.45) is 4.92. The van der Waals surface area contributed by atoms with Crippen LogP contribution >= 0.6 is 0 Å². The minimum absolute atomic E-state index is 0.170. The van der Waals surface area contributed by atoms with E-state index in [0.29, 0.717) is 12.0 Å². The normalized spacial score (nSPS) is 32.3. The lowest BCUT2D eigenvalue weighted by molar-refractivity contribution is -0.147. The molecule has 4 heteroatoms. The number of hydrogen-bond donors (Lipinski definition) is 1. The van der Waals surface area contributed by atoms with Gasteiger partial charge in [-0.15, -0.1) is 0 Å². The molecule has 0 bridgehead atoms. The van der Waals surface area contributed by atoms with Gasteiger partial charge in [0, 0.05) is 25.3 Å². The van der Waals surface area contributed by atoms with Crippen molar-refractivity contribution in [1.29, 1.82) is 0 Å². The highest BCUT2D eigenvalue weighted by molar-refractivity contribution is 5.71. The van der Waals surface area contributed by atoms with E-state index in [4.69, 9.17) is 4.74 Å². The van der Waals surface area contributed by atoms with Crippen molar-refractivity contribution in [3.8, 4) is 0 Å². The lowest BCUT2D eigenvalue weighted by atomic mass is 9.67. The van der Waals surface area contributed by atoms with Crippen LogP contribution in [-0.2, 0) is 9.53 Å². The van der Waals surface area contributed by atoms with Crippen LogP contribution in [0, 0.1) is 17.3 Å². The molecular formula is C17H31NO3. The van der Waals surface area contributed by atoms with Crippen LogP contribution in [0.3, 0.4) is 0 Å². The van der Waals surface area contributed by atoms with Crippen molar-refractivity contribution in [3.63, 3.8) is 0 Å². The van der Waals surface area contributed by atoms with Crippen molar-refractivity contribution in [3.05, 3.63) is 0 Å². The average Bonchev–Trinajstić information content (AvgIpc) is 2.45. The highest BCUT2D eigenvalue weighted by Crippen LogP contribution is 2.42. The fourth-order valence-electron chi connectivity index (χ4n) is 4.03. The summed E-state index contributed by atoms with van der Waals surface area (Å²) in [5, 5.41) is 9.59. The molecule has 21 heavy (non-hydrogen) atoms. The lowest BCUT2D eigenvalue weighted by Gasteiger charge is -2.46. The maximum atomic E-state index is 11.7. The monoisotopic (exact) mass is 297 g/mol. The summed E-state index contributed by atoms with van der Waals surface area (Å²) in [5.74, 6) is -0.219. The second kappa shape index (κ2) is 6.66. The van der Waals surface area contributed by atoms with Gasteiger partial charge in [-0.05, 0) is 50.5 Å². The average molecular weight is 297 g/mol. The molecule has 1 aliphatic carbocycles. The third-order valence-corrected chi connectivity index (χ3v) is 5.65. The van der Waals surface area contributed by atoms with Gasteiger partial charge in [0.15, 0.2) is 0 Å². The Morgan fingerprint density at radius 3 is 2.29 bits per heavy atom. The molecule has 1 N–H and O–H groups in total. The zero-order valence-electron chi connectivity index (χ0n) is 14.0. The number of rotatable bonds is 3. The Bertz CT molecular complexity index is 358. The summed E-state index contributed by atoms with van der Waals surface area (Å²) in [5.41, 5.74) is 0.262. The van der Waals surface area contributed by atoms with Crippen molar-refractivity contribution >= 4 is 5.97 Å². The lowest BCUT2D eigenvalue weighted by Crippen LogP contribution is -2.52. The molecule has 122 valence electrons. The van der Waals surface area contributed by atoms with E-state index in [-0.39, 0.29) is 17.4 Å². The second-order valence-electron chi connectivity index (χ2n) is 7.90. The molecule has 0 spiro atoms. The third kappa shape index (κ3) is 3.98. The van der Waals surface area contributed by atoms with E-state index in [1.807, 2.05) is 0 Å². The van der Waals surface area contributed by atoms with Crippen molar-refractivity contribution in [2.45, 2.75) is 65.0 Å². The standard InChI is InChI=1S/C17H31NO3/c1-17(2,3)12-5-6-14(16(19)20)15(11-12)18(4)13-7-9-21-10-8-13/h12-15H,5-11H2,1-4H3,(H,19,20). The molecule has 4 nitrogen and oxygen atoms in total. The number of carbonyl (C=O) groups is 1. The zero-order chi connectivity index (χ0) is 15.6. The number of hydrogen-bond acceptors (Lipinski definition) is 3. The molecule has 2 rings (SSSR count). The first-order chi connectivity index (χ1) is 9.80. The molecule has 3 atom stereocenters. The fraction of sp³-hybridized carbons (Fsp3) is 0.941. The van der Waals surface area contributed by atoms with Gasteiger partial charge >= 0.3 is 5.97 Å². The first-order valence-electron chi connectivity index (χ1n) is 8.33. The van der Waals surface area contributed by atoms with E-state index < -0.39 is 5.97 Å². The van der Waals surface area contributed by atoms with Gasteiger partial charge in [0.05, 0.1) is 5.92 Å². The second-order valence-corrected chi connectivity index (χ2v) is 7.90. The Balaban J connectivity index is 2.11. The number of nitrogens with zero attached hydrogens (tertiary/aromatic N) is 1. The molecule has 1 saturated carbocycles. The van der Waals surface area contributed by atoms with Crippen LogP contribution in [0.2, 0.25) is 0 Å². The Morgan fingerprint density at radius 1 is 1.14 bits per heavy atom. The van der Waals surface area contributed by atoms with Crippen LogP contribution in [-0.4, -0.2) is 48.3 Å². The minimum atomic E-state index is -0.619. The van der Waals surface area contributed by atoms with Crippen molar-refractivity contribution in [2.75, 3.05) is 20.3 Å². The van der Waals surface area contributed by atoms with Crippen molar-refractivity contribution < 1.29 is 14.6 Å². The highest BCUT2D eigenvalue weighted by atomic mass is 16.5. The van der Waals surface area contributed by atoms with Gasteiger partial charge in [0.2, 0.25) is 0 Å². The molecule has 1 saturated heterocycles. The first kappa shape index (κ1) is 16.8. The van der Waals surface area contributed by atoms with Gasteiger partial charge < -0.3 is 9.84 Å². The minimum Gasteiger partial charge on any atom is -0.481 e. The Hall–Kier alpha value is -0.610. The van der Waals surface area contributed by atoms with Crippen LogP contribution in [0.5, 0.6) is 0 Å². The summed E-state index contributed by atoms with van der Waals surface area (Å²) in [4.78, 5) is 14.0. The van der Waals surface area contributed by atoms with Gasteiger partial charge in [0.1, 0.15) is 0 Å². The molecule has 2 aliphatic rings. The molecule has 2 fully saturated rings. The largest absolute Gasteiger partial charge is 0.481 e. The molecule has 3 unspecified atom stereocenters. The van der Waals surface area contributed by atoms with Crippen LogP contribution < -0.4 is 0 Å². The molecule has 0 aromatic rings. The molecular weight excluding hydrogens is 266 g/mol. The molecule has 1 aliphatic heterocycles. The summed E-state index contributed by atoms with van der Waals surface area (Å²) >= 11 is 0. The molecule has 0 radical (unpaired) electrons. The topological polar surface area (TPSA) is 49.8 Å². The van der Waals surface area contributed by atoms with E-state index in [2.05, 4.69) is 32.7 Å². The summed E-state index contributed by atoms with van der Waals surface area (Å²) in [6, 6.07) is 0.646. The van der Waals surface area contributed by atoms with Crippen LogP contribution in [0.15, 0.2) is 0 Å². The SMILES string of the molecule is CN(C1CCOCC1)C1CC(C(C)(C)C)CCC1C(=O)O. The maximum absolute atomic E-state index is 11.7. The van der Waals surface area contributed by atoms with Crippen LogP contribution in [0.25, 0.3) is 0 Å². The number of aliphatic carboxylic acids is 1. The van der Waals surface area contributed by atoms with Crippen molar-refractivity contribution in [2.24, 2.45) is 17.3 Å². The fourth-order valence-corrected chi connectivity index (χ4v) is 4.03. The van der Waals surface area contributed by atoms with E-state index in [9.17, 15) is 9.90 Å². The Kier molecular flexibility index (Phi) is 5.31. The third-order valence-electron chi connectivity index (χ3n) is 5.65. The predicted octanol–water partition coefficient (Wildman–Crippen LogP) is 3.01. The molecule has 0 aromatic carbocycles. The summed E-state index contributed by atoms with van der Waals surface area (Å²) in [7, 11) is 2.13. The Labute approximate surface area is 128 Å². The maximum Gasteiger partial charge on any atom is 0.308 e.